The maximum atomic E-state index is 6.46. The Bertz CT molecular complexity index is 902. The SMILES string of the molecule is Cc1nc(/C(N)=C(\COc2cccc(C(C)C)c2)N(C)N)ccc1OC1CCCCC1. The number of aromatic nitrogens is 1. The molecule has 6 nitrogen and oxygen atoms in total. The molecule has 31 heavy (non-hydrogen) atoms. The summed E-state index contributed by atoms with van der Waals surface area (Å²) in [5, 5.41) is 1.49. The number of hydrogen-bond acceptors (Lipinski definition) is 6. The standard InChI is InChI=1S/C25H36N4O2/c1-17(2)19-9-8-12-21(15-19)30-16-23(29(4)27)25(26)22-13-14-24(18(3)28-22)31-20-10-6-5-7-11-20/h8-9,12-15,17,20H,5-7,10-11,16,26-27H2,1-4H3/b25-23-. The van der Waals surface area contributed by atoms with Crippen molar-refractivity contribution in [1.82, 2.24) is 9.99 Å². The van der Waals surface area contributed by atoms with Gasteiger partial charge in [0, 0.05) is 7.05 Å². The highest BCUT2D eigenvalue weighted by atomic mass is 16.5. The van der Waals surface area contributed by atoms with E-state index in [1.807, 2.05) is 31.2 Å². The first-order chi connectivity index (χ1) is 14.8. The van der Waals surface area contributed by atoms with E-state index in [0.717, 1.165) is 30.0 Å². The zero-order chi connectivity index (χ0) is 22.4. The molecule has 1 aliphatic rings. The lowest BCUT2D eigenvalue weighted by Gasteiger charge is -2.24. The van der Waals surface area contributed by atoms with Crippen LogP contribution in [0.2, 0.25) is 0 Å². The van der Waals surface area contributed by atoms with Gasteiger partial charge in [-0.3, -0.25) is 0 Å². The number of aryl methyl sites for hydroxylation is 1. The number of benzene rings is 1. The highest BCUT2D eigenvalue weighted by Crippen LogP contribution is 2.27. The smallest absolute Gasteiger partial charge is 0.140 e. The van der Waals surface area contributed by atoms with E-state index in [1.54, 1.807) is 7.05 Å². The lowest BCUT2D eigenvalue weighted by atomic mass is 9.98. The second kappa shape index (κ2) is 10.5. The van der Waals surface area contributed by atoms with Crippen molar-refractivity contribution in [3.63, 3.8) is 0 Å². The molecule has 4 N–H and O–H groups in total. The number of hydrogen-bond donors (Lipinski definition) is 2. The molecule has 0 amide bonds. The van der Waals surface area contributed by atoms with Gasteiger partial charge >= 0.3 is 0 Å². The van der Waals surface area contributed by atoms with Gasteiger partial charge in [0.05, 0.1) is 28.9 Å². The van der Waals surface area contributed by atoms with E-state index in [4.69, 9.17) is 21.1 Å². The number of likely N-dealkylation sites (N-methyl/N-ethyl adjacent to an activating group) is 1. The van der Waals surface area contributed by atoms with Gasteiger partial charge in [0.2, 0.25) is 0 Å². The summed E-state index contributed by atoms with van der Waals surface area (Å²) in [5.41, 5.74) is 10.3. The number of nitrogens with two attached hydrogens (primary N) is 2. The quantitative estimate of drug-likeness (QED) is 0.470. The van der Waals surface area contributed by atoms with Crippen molar-refractivity contribution < 1.29 is 9.47 Å². The molecule has 0 unspecified atom stereocenters. The molecule has 0 radical (unpaired) electrons. The van der Waals surface area contributed by atoms with Crippen molar-refractivity contribution >= 4 is 5.70 Å². The van der Waals surface area contributed by atoms with Crippen LogP contribution in [-0.2, 0) is 0 Å². The minimum Gasteiger partial charge on any atom is -0.489 e. The molecule has 168 valence electrons. The summed E-state index contributed by atoms with van der Waals surface area (Å²) in [6.07, 6.45) is 6.28. The molecule has 0 spiro atoms. The Morgan fingerprint density at radius 3 is 2.55 bits per heavy atom. The Labute approximate surface area is 186 Å². The predicted molar refractivity (Wildman–Crippen MR) is 126 cm³/mol. The van der Waals surface area contributed by atoms with Gasteiger partial charge in [-0.2, -0.15) is 0 Å². The molecule has 6 heteroatoms. The normalized spacial score (nSPS) is 15.5. The number of rotatable bonds is 8. The van der Waals surface area contributed by atoms with E-state index in [9.17, 15) is 0 Å². The zero-order valence-electron chi connectivity index (χ0n) is 19.2. The van der Waals surface area contributed by atoms with Gasteiger partial charge in [-0.1, -0.05) is 32.4 Å². The van der Waals surface area contributed by atoms with Crippen molar-refractivity contribution in [2.75, 3.05) is 13.7 Å². The van der Waals surface area contributed by atoms with Crippen LogP contribution in [0.5, 0.6) is 11.5 Å². The van der Waals surface area contributed by atoms with E-state index in [1.165, 1.54) is 29.8 Å². The molecule has 1 aliphatic carbocycles. The van der Waals surface area contributed by atoms with Crippen LogP contribution in [0.15, 0.2) is 42.1 Å². The molecule has 3 rings (SSSR count). The van der Waals surface area contributed by atoms with E-state index in [0.29, 0.717) is 23.0 Å². The van der Waals surface area contributed by atoms with Crippen LogP contribution >= 0.6 is 0 Å². The monoisotopic (exact) mass is 424 g/mol. The third kappa shape index (κ3) is 6.14. The minimum absolute atomic E-state index is 0.251. The Balaban J connectivity index is 1.75. The average Bonchev–Trinajstić information content (AvgIpc) is 2.76. The van der Waals surface area contributed by atoms with Crippen LogP contribution in [0, 0.1) is 6.92 Å². The highest BCUT2D eigenvalue weighted by Gasteiger charge is 2.18. The predicted octanol–water partition coefficient (Wildman–Crippen LogP) is 4.74. The summed E-state index contributed by atoms with van der Waals surface area (Å²) in [6.45, 7) is 6.52. The largest absolute Gasteiger partial charge is 0.489 e. The van der Waals surface area contributed by atoms with Crippen LogP contribution < -0.4 is 21.1 Å². The molecule has 1 aromatic carbocycles. The first-order valence-electron chi connectivity index (χ1n) is 11.2. The van der Waals surface area contributed by atoms with Gasteiger partial charge < -0.3 is 20.2 Å². The van der Waals surface area contributed by atoms with E-state index >= 15 is 0 Å². The summed E-state index contributed by atoms with van der Waals surface area (Å²) in [7, 11) is 1.75. The number of hydrazine groups is 1. The van der Waals surface area contributed by atoms with Crippen molar-refractivity contribution in [1.29, 1.82) is 0 Å². The van der Waals surface area contributed by atoms with Crippen molar-refractivity contribution in [3.05, 3.63) is 59.0 Å². The summed E-state index contributed by atoms with van der Waals surface area (Å²) in [6, 6.07) is 11.9. The second-order valence-electron chi connectivity index (χ2n) is 8.65. The fraction of sp³-hybridized carbons (Fsp3) is 0.480. The van der Waals surface area contributed by atoms with Gasteiger partial charge in [-0.25, -0.2) is 10.8 Å². The van der Waals surface area contributed by atoms with Gasteiger partial charge in [0.1, 0.15) is 18.1 Å². The average molecular weight is 425 g/mol. The fourth-order valence-corrected chi connectivity index (χ4v) is 3.82. The lowest BCUT2D eigenvalue weighted by molar-refractivity contribution is 0.153. The molecule has 1 heterocycles. The Morgan fingerprint density at radius 2 is 1.90 bits per heavy atom. The van der Waals surface area contributed by atoms with Crippen LogP contribution in [-0.4, -0.2) is 29.8 Å². The van der Waals surface area contributed by atoms with Crippen LogP contribution in [0.1, 0.15) is 68.8 Å². The van der Waals surface area contributed by atoms with Crippen LogP contribution in [0.3, 0.4) is 0 Å². The highest BCUT2D eigenvalue weighted by molar-refractivity contribution is 5.63. The Kier molecular flexibility index (Phi) is 7.80. The third-order valence-electron chi connectivity index (χ3n) is 5.80. The second-order valence-corrected chi connectivity index (χ2v) is 8.65. The topological polar surface area (TPSA) is 86.6 Å². The first kappa shape index (κ1) is 22.9. The molecule has 1 aromatic heterocycles. The van der Waals surface area contributed by atoms with Crippen LogP contribution in [0.25, 0.3) is 5.70 Å². The zero-order valence-corrected chi connectivity index (χ0v) is 19.2. The Morgan fingerprint density at radius 1 is 1.16 bits per heavy atom. The van der Waals surface area contributed by atoms with Gasteiger partial charge in [-0.05, 0) is 68.4 Å². The number of ether oxygens (including phenoxy) is 2. The maximum Gasteiger partial charge on any atom is 0.140 e. The number of nitrogens with zero attached hydrogens (tertiary/aromatic N) is 2. The molecule has 0 bridgehead atoms. The summed E-state index contributed by atoms with van der Waals surface area (Å²) in [4.78, 5) is 4.69. The molecule has 0 aliphatic heterocycles. The molecular weight excluding hydrogens is 388 g/mol. The van der Waals surface area contributed by atoms with Crippen molar-refractivity contribution in [2.45, 2.75) is 64.9 Å². The maximum absolute atomic E-state index is 6.46. The van der Waals surface area contributed by atoms with Crippen molar-refractivity contribution in [3.8, 4) is 11.5 Å². The third-order valence-corrected chi connectivity index (χ3v) is 5.80. The van der Waals surface area contributed by atoms with Gasteiger partial charge in [0.25, 0.3) is 0 Å². The minimum atomic E-state index is 0.251. The molecule has 0 saturated heterocycles. The first-order valence-corrected chi connectivity index (χ1v) is 11.2. The van der Waals surface area contributed by atoms with Crippen molar-refractivity contribution in [2.24, 2.45) is 11.6 Å². The fourth-order valence-electron chi connectivity index (χ4n) is 3.82. The lowest BCUT2D eigenvalue weighted by Crippen LogP contribution is -2.31. The van der Waals surface area contributed by atoms with E-state index in [2.05, 4.69) is 31.0 Å². The summed E-state index contributed by atoms with van der Waals surface area (Å²) < 4.78 is 12.2. The Hall–Kier alpha value is -2.73. The van der Waals surface area contributed by atoms with Gasteiger partial charge in [-0.15, -0.1) is 0 Å². The molecule has 1 saturated carbocycles. The van der Waals surface area contributed by atoms with E-state index < -0.39 is 0 Å². The van der Waals surface area contributed by atoms with Crippen LogP contribution in [0.4, 0.5) is 0 Å². The molecular formula is C25H36N4O2. The van der Waals surface area contributed by atoms with E-state index in [-0.39, 0.29) is 12.7 Å². The van der Waals surface area contributed by atoms with Gasteiger partial charge in [0.15, 0.2) is 0 Å². The summed E-state index contributed by atoms with van der Waals surface area (Å²) >= 11 is 0. The molecule has 2 aromatic rings. The summed E-state index contributed by atoms with van der Waals surface area (Å²) in [5.74, 6) is 8.12. The molecule has 0 atom stereocenters. The number of pyridine rings is 1. The molecule has 1 fully saturated rings.